The number of rotatable bonds is 4. The predicted molar refractivity (Wildman–Crippen MR) is 62.6 cm³/mol. The van der Waals surface area contributed by atoms with Crippen molar-refractivity contribution >= 4 is 23.1 Å². The lowest BCUT2D eigenvalue weighted by molar-refractivity contribution is -0.137. The lowest BCUT2D eigenvalue weighted by atomic mass is 10.0. The minimum atomic E-state index is -0.289. The van der Waals surface area contributed by atoms with Gasteiger partial charge in [-0.2, -0.15) is 0 Å². The first-order chi connectivity index (χ1) is 7.16. The summed E-state index contributed by atoms with van der Waals surface area (Å²) in [6, 6.07) is 0. The zero-order valence-electron chi connectivity index (χ0n) is 9.07. The summed E-state index contributed by atoms with van der Waals surface area (Å²) >= 11 is 4.93. The molecule has 0 radical (unpaired) electrons. The minimum absolute atomic E-state index is 0.0626. The van der Waals surface area contributed by atoms with Crippen molar-refractivity contribution in [1.82, 2.24) is 4.90 Å². The Balaban J connectivity index is 2.57. The molecule has 4 nitrogen and oxygen atoms in total. The van der Waals surface area contributed by atoms with Crippen LogP contribution in [0.3, 0.4) is 0 Å². The molecule has 2 N–H and O–H groups in total. The Hall–Kier alpha value is -0.680. The Morgan fingerprint density at radius 3 is 2.60 bits per heavy atom. The van der Waals surface area contributed by atoms with Gasteiger partial charge in [0, 0.05) is 13.1 Å². The predicted octanol–water partition coefficient (Wildman–Crippen LogP) is 0.548. The van der Waals surface area contributed by atoms with Crippen LogP contribution in [0.1, 0.15) is 19.8 Å². The topological polar surface area (TPSA) is 55.6 Å². The second-order valence-corrected chi connectivity index (χ2v) is 4.15. The summed E-state index contributed by atoms with van der Waals surface area (Å²) in [6.07, 6.45) is 1.66. The van der Waals surface area contributed by atoms with Crippen molar-refractivity contribution in [3.63, 3.8) is 0 Å². The molecule has 0 spiro atoms. The van der Waals surface area contributed by atoms with Gasteiger partial charge >= 0.3 is 0 Å². The van der Waals surface area contributed by atoms with E-state index in [1.165, 1.54) is 0 Å². The summed E-state index contributed by atoms with van der Waals surface area (Å²) in [4.78, 5) is 14.1. The van der Waals surface area contributed by atoms with Gasteiger partial charge in [0.25, 0.3) is 0 Å². The highest BCUT2D eigenvalue weighted by atomic mass is 32.1. The first kappa shape index (κ1) is 12.4. The third kappa shape index (κ3) is 3.43. The monoisotopic (exact) mass is 230 g/mol. The Bertz CT molecular complexity index is 240. The number of morpholine rings is 1. The standard InChI is InChI=1S/C10H18N2O2S/c1-2-3-8(9(11)15)10(13)12-4-6-14-7-5-12/h8H,2-7H2,1H3,(H2,11,15). The summed E-state index contributed by atoms with van der Waals surface area (Å²) in [6.45, 7) is 4.56. The van der Waals surface area contributed by atoms with Crippen molar-refractivity contribution < 1.29 is 9.53 Å². The zero-order valence-corrected chi connectivity index (χ0v) is 9.89. The third-order valence-corrected chi connectivity index (χ3v) is 2.83. The van der Waals surface area contributed by atoms with Crippen LogP contribution >= 0.6 is 12.2 Å². The van der Waals surface area contributed by atoms with Gasteiger partial charge in [-0.1, -0.05) is 25.6 Å². The SMILES string of the molecule is CCCC(C(=O)N1CCOCC1)C(N)=S. The maximum atomic E-state index is 12.0. The van der Waals surface area contributed by atoms with Crippen molar-refractivity contribution in [2.24, 2.45) is 11.7 Å². The van der Waals surface area contributed by atoms with Crippen LogP contribution in [0.25, 0.3) is 0 Å². The van der Waals surface area contributed by atoms with Crippen molar-refractivity contribution in [1.29, 1.82) is 0 Å². The minimum Gasteiger partial charge on any atom is -0.393 e. The molecule has 15 heavy (non-hydrogen) atoms. The first-order valence-corrected chi connectivity index (χ1v) is 5.73. The number of amides is 1. The maximum Gasteiger partial charge on any atom is 0.232 e. The first-order valence-electron chi connectivity index (χ1n) is 5.32. The molecule has 1 atom stereocenters. The van der Waals surface area contributed by atoms with E-state index in [0.29, 0.717) is 31.3 Å². The van der Waals surface area contributed by atoms with Gasteiger partial charge in [0.2, 0.25) is 5.91 Å². The molecule has 1 rings (SSSR count). The van der Waals surface area contributed by atoms with Crippen LogP contribution in [0.2, 0.25) is 0 Å². The van der Waals surface area contributed by atoms with Crippen LogP contribution in [0.5, 0.6) is 0 Å². The fourth-order valence-electron chi connectivity index (χ4n) is 1.68. The molecular weight excluding hydrogens is 212 g/mol. The van der Waals surface area contributed by atoms with Crippen LogP contribution in [-0.4, -0.2) is 42.1 Å². The highest BCUT2D eigenvalue weighted by molar-refractivity contribution is 7.80. The molecule has 0 aromatic rings. The lowest BCUT2D eigenvalue weighted by Crippen LogP contribution is -2.46. The molecule has 0 saturated carbocycles. The number of carbonyl (C=O) groups is 1. The maximum absolute atomic E-state index is 12.0. The average molecular weight is 230 g/mol. The molecule has 0 aromatic carbocycles. The molecule has 0 bridgehead atoms. The number of thiocarbonyl (C=S) groups is 1. The summed E-state index contributed by atoms with van der Waals surface area (Å²) in [5.74, 6) is -0.226. The van der Waals surface area contributed by atoms with Gasteiger partial charge in [0.15, 0.2) is 0 Å². The fraction of sp³-hybridized carbons (Fsp3) is 0.800. The van der Waals surface area contributed by atoms with E-state index < -0.39 is 0 Å². The molecule has 1 fully saturated rings. The van der Waals surface area contributed by atoms with E-state index in [1.54, 1.807) is 4.90 Å². The molecule has 5 heteroatoms. The summed E-state index contributed by atoms with van der Waals surface area (Å²) < 4.78 is 5.19. The molecule has 1 unspecified atom stereocenters. The van der Waals surface area contributed by atoms with E-state index in [1.807, 2.05) is 6.92 Å². The largest absolute Gasteiger partial charge is 0.393 e. The van der Waals surface area contributed by atoms with Crippen molar-refractivity contribution in [2.45, 2.75) is 19.8 Å². The van der Waals surface area contributed by atoms with Gasteiger partial charge in [-0.15, -0.1) is 0 Å². The molecule has 1 amide bonds. The number of hydrogen-bond acceptors (Lipinski definition) is 3. The number of hydrogen-bond donors (Lipinski definition) is 1. The molecule has 1 heterocycles. The van der Waals surface area contributed by atoms with Crippen molar-refractivity contribution in [2.75, 3.05) is 26.3 Å². The Morgan fingerprint density at radius 2 is 2.13 bits per heavy atom. The Morgan fingerprint density at radius 1 is 1.53 bits per heavy atom. The van der Waals surface area contributed by atoms with Crippen molar-refractivity contribution in [3.05, 3.63) is 0 Å². The second kappa shape index (κ2) is 6.02. The van der Waals surface area contributed by atoms with Gasteiger partial charge in [0.05, 0.1) is 24.1 Å². The van der Waals surface area contributed by atoms with Crippen LogP contribution < -0.4 is 5.73 Å². The fourth-order valence-corrected chi connectivity index (χ4v) is 1.90. The number of carbonyl (C=O) groups excluding carboxylic acids is 1. The molecule has 1 aliphatic heterocycles. The van der Waals surface area contributed by atoms with E-state index in [2.05, 4.69) is 0 Å². The normalized spacial score (nSPS) is 18.6. The summed E-state index contributed by atoms with van der Waals surface area (Å²) in [7, 11) is 0. The number of nitrogens with zero attached hydrogens (tertiary/aromatic N) is 1. The van der Waals surface area contributed by atoms with Gasteiger partial charge in [-0.25, -0.2) is 0 Å². The van der Waals surface area contributed by atoms with Crippen molar-refractivity contribution in [3.8, 4) is 0 Å². The zero-order chi connectivity index (χ0) is 11.3. The van der Waals surface area contributed by atoms with Crippen LogP contribution in [0, 0.1) is 5.92 Å². The lowest BCUT2D eigenvalue weighted by Gasteiger charge is -2.30. The van der Waals surface area contributed by atoms with Gasteiger partial charge in [-0.05, 0) is 6.42 Å². The summed E-state index contributed by atoms with van der Waals surface area (Å²) in [5.41, 5.74) is 5.58. The van der Waals surface area contributed by atoms with Crippen LogP contribution in [0.4, 0.5) is 0 Å². The van der Waals surface area contributed by atoms with Gasteiger partial charge in [0.1, 0.15) is 0 Å². The van der Waals surface area contributed by atoms with Gasteiger partial charge in [-0.3, -0.25) is 4.79 Å². The van der Waals surface area contributed by atoms with E-state index in [-0.39, 0.29) is 11.8 Å². The van der Waals surface area contributed by atoms with E-state index in [0.717, 1.165) is 12.8 Å². The highest BCUT2D eigenvalue weighted by Crippen LogP contribution is 2.12. The average Bonchev–Trinajstić information content (AvgIpc) is 2.26. The number of nitrogens with two attached hydrogens (primary N) is 1. The molecule has 0 aliphatic carbocycles. The van der Waals surface area contributed by atoms with E-state index >= 15 is 0 Å². The summed E-state index contributed by atoms with van der Waals surface area (Å²) in [5, 5.41) is 0. The molecule has 0 aromatic heterocycles. The number of ether oxygens (including phenoxy) is 1. The molecular formula is C10H18N2O2S. The van der Waals surface area contributed by atoms with Crippen LogP contribution in [0.15, 0.2) is 0 Å². The second-order valence-electron chi connectivity index (χ2n) is 3.68. The highest BCUT2D eigenvalue weighted by Gasteiger charge is 2.26. The molecule has 1 saturated heterocycles. The quantitative estimate of drug-likeness (QED) is 0.717. The Kier molecular flexibility index (Phi) is 4.98. The third-order valence-electron chi connectivity index (χ3n) is 2.54. The van der Waals surface area contributed by atoms with E-state index in [4.69, 9.17) is 22.7 Å². The van der Waals surface area contributed by atoms with Crippen LogP contribution in [-0.2, 0) is 9.53 Å². The molecule has 86 valence electrons. The molecule has 1 aliphatic rings. The smallest absolute Gasteiger partial charge is 0.232 e. The Labute approximate surface area is 95.8 Å². The van der Waals surface area contributed by atoms with Gasteiger partial charge < -0.3 is 15.4 Å². The van der Waals surface area contributed by atoms with E-state index in [9.17, 15) is 4.79 Å².